The van der Waals surface area contributed by atoms with E-state index in [0.29, 0.717) is 6.54 Å². The normalized spacial score (nSPS) is 14.4. The van der Waals surface area contributed by atoms with E-state index in [1.165, 1.54) is 6.07 Å². The van der Waals surface area contributed by atoms with E-state index in [2.05, 4.69) is 5.32 Å². The number of hydrogen-bond donors (Lipinski definition) is 3. The molecule has 0 fully saturated rings. The molecule has 1 rings (SSSR count). The molecule has 0 aromatic heterocycles. The average Bonchev–Trinajstić information content (AvgIpc) is 2.37. The highest BCUT2D eigenvalue weighted by molar-refractivity contribution is 5.21. The van der Waals surface area contributed by atoms with Crippen LogP contribution in [0.1, 0.15) is 31.4 Å². The summed E-state index contributed by atoms with van der Waals surface area (Å²) >= 11 is 0. The van der Waals surface area contributed by atoms with Gasteiger partial charge in [0.1, 0.15) is 11.6 Å². The number of halogens is 2. The summed E-state index contributed by atoms with van der Waals surface area (Å²) < 4.78 is 26.1. The molecular weight excluding hydrogens is 252 g/mol. The molecule has 0 amide bonds. The van der Waals surface area contributed by atoms with Gasteiger partial charge in [-0.25, -0.2) is 8.78 Å². The molecule has 108 valence electrons. The molecule has 0 spiro atoms. The monoisotopic (exact) mass is 273 g/mol. The molecular formula is C14H21F2NO2. The van der Waals surface area contributed by atoms with E-state index in [9.17, 15) is 13.9 Å². The maximum atomic E-state index is 13.4. The number of aliphatic hydroxyl groups excluding tert-OH is 2. The Labute approximate surface area is 112 Å². The molecule has 0 radical (unpaired) electrons. The summed E-state index contributed by atoms with van der Waals surface area (Å²) in [5.74, 6) is -1.12. The zero-order valence-electron chi connectivity index (χ0n) is 11.1. The lowest BCUT2D eigenvalue weighted by Crippen LogP contribution is -2.23. The molecule has 19 heavy (non-hydrogen) atoms. The first-order chi connectivity index (χ1) is 9.04. The van der Waals surface area contributed by atoms with Gasteiger partial charge in [-0.15, -0.1) is 0 Å². The largest absolute Gasteiger partial charge is 0.396 e. The van der Waals surface area contributed by atoms with Gasteiger partial charge in [0.2, 0.25) is 0 Å². The summed E-state index contributed by atoms with van der Waals surface area (Å²) in [6.45, 7) is 3.03. The van der Waals surface area contributed by atoms with Gasteiger partial charge in [-0.05, 0) is 31.4 Å². The third-order valence-electron chi connectivity index (χ3n) is 3.02. The first-order valence-corrected chi connectivity index (χ1v) is 6.49. The lowest BCUT2D eigenvalue weighted by Gasteiger charge is -2.13. The highest BCUT2D eigenvalue weighted by Gasteiger charge is 2.12. The van der Waals surface area contributed by atoms with Crippen LogP contribution in [0.3, 0.4) is 0 Å². The second-order valence-electron chi connectivity index (χ2n) is 4.82. The first-order valence-electron chi connectivity index (χ1n) is 6.49. The molecule has 0 heterocycles. The van der Waals surface area contributed by atoms with Crippen LogP contribution in [0.25, 0.3) is 0 Å². The molecule has 0 bridgehead atoms. The molecule has 2 unspecified atom stereocenters. The van der Waals surface area contributed by atoms with Crippen molar-refractivity contribution >= 4 is 0 Å². The second kappa shape index (κ2) is 8.19. The smallest absolute Gasteiger partial charge is 0.131 e. The Morgan fingerprint density at radius 3 is 2.68 bits per heavy atom. The quantitative estimate of drug-likeness (QED) is 0.635. The van der Waals surface area contributed by atoms with Crippen molar-refractivity contribution in [3.8, 4) is 0 Å². The van der Waals surface area contributed by atoms with Crippen molar-refractivity contribution in [2.75, 3.05) is 19.7 Å². The zero-order chi connectivity index (χ0) is 14.3. The number of nitrogens with one attached hydrogen (secondary N) is 1. The second-order valence-corrected chi connectivity index (χ2v) is 4.82. The third kappa shape index (κ3) is 5.63. The van der Waals surface area contributed by atoms with Gasteiger partial charge in [0, 0.05) is 24.8 Å². The van der Waals surface area contributed by atoms with Crippen LogP contribution in [0.4, 0.5) is 8.78 Å². The van der Waals surface area contributed by atoms with Gasteiger partial charge >= 0.3 is 0 Å². The molecule has 5 heteroatoms. The molecule has 0 aliphatic rings. The van der Waals surface area contributed by atoms with Crippen LogP contribution in [-0.2, 0) is 0 Å². The molecule has 0 aliphatic heterocycles. The lowest BCUT2D eigenvalue weighted by atomic mass is 10.1. The van der Waals surface area contributed by atoms with Gasteiger partial charge in [0.05, 0.1) is 6.10 Å². The fourth-order valence-electron chi connectivity index (χ4n) is 1.79. The Balaban J connectivity index is 2.29. The summed E-state index contributed by atoms with van der Waals surface area (Å²) in [4.78, 5) is 0. The van der Waals surface area contributed by atoms with Crippen LogP contribution in [0.2, 0.25) is 0 Å². The van der Waals surface area contributed by atoms with Crippen molar-refractivity contribution in [3.05, 3.63) is 35.4 Å². The van der Waals surface area contributed by atoms with Crippen molar-refractivity contribution in [1.29, 1.82) is 0 Å². The van der Waals surface area contributed by atoms with Crippen LogP contribution in [-0.4, -0.2) is 29.9 Å². The van der Waals surface area contributed by atoms with E-state index >= 15 is 0 Å². The van der Waals surface area contributed by atoms with Gasteiger partial charge < -0.3 is 15.5 Å². The molecule has 1 aromatic carbocycles. The highest BCUT2D eigenvalue weighted by Crippen LogP contribution is 2.17. The summed E-state index contributed by atoms with van der Waals surface area (Å²) in [5.41, 5.74) is 0.0950. The predicted molar refractivity (Wildman–Crippen MR) is 69.7 cm³/mol. The van der Waals surface area contributed by atoms with E-state index in [4.69, 9.17) is 5.11 Å². The molecule has 3 N–H and O–H groups in total. The Bertz CT molecular complexity index is 388. The molecule has 0 saturated heterocycles. The highest BCUT2D eigenvalue weighted by atomic mass is 19.1. The van der Waals surface area contributed by atoms with Crippen molar-refractivity contribution < 1.29 is 19.0 Å². The van der Waals surface area contributed by atoms with E-state index < -0.39 is 17.7 Å². The molecule has 0 aliphatic carbocycles. The number of benzene rings is 1. The maximum absolute atomic E-state index is 13.4. The van der Waals surface area contributed by atoms with E-state index in [-0.39, 0.29) is 24.6 Å². The van der Waals surface area contributed by atoms with Crippen LogP contribution in [0.15, 0.2) is 18.2 Å². The van der Waals surface area contributed by atoms with Crippen molar-refractivity contribution in [1.82, 2.24) is 5.32 Å². The Morgan fingerprint density at radius 1 is 1.32 bits per heavy atom. The van der Waals surface area contributed by atoms with Crippen molar-refractivity contribution in [2.45, 2.75) is 25.9 Å². The van der Waals surface area contributed by atoms with Gasteiger partial charge in [0.15, 0.2) is 0 Å². The van der Waals surface area contributed by atoms with Crippen molar-refractivity contribution in [3.63, 3.8) is 0 Å². The Morgan fingerprint density at radius 2 is 2.05 bits per heavy atom. The minimum absolute atomic E-state index is 0.0950. The Hall–Kier alpha value is -1.04. The topological polar surface area (TPSA) is 52.5 Å². The van der Waals surface area contributed by atoms with E-state index in [1.807, 2.05) is 6.92 Å². The van der Waals surface area contributed by atoms with Crippen LogP contribution in [0, 0.1) is 17.6 Å². The third-order valence-corrected chi connectivity index (χ3v) is 3.02. The standard InChI is InChI=1S/C14H21F2NO2/c1-10(9-18)3-2-6-17-8-14(19)12-5-4-11(15)7-13(12)16/h4-5,7,10,14,17-19H,2-3,6,8-9H2,1H3. The van der Waals surface area contributed by atoms with Crippen LogP contribution >= 0.6 is 0 Å². The maximum Gasteiger partial charge on any atom is 0.131 e. The van der Waals surface area contributed by atoms with Gasteiger partial charge in [0.25, 0.3) is 0 Å². The van der Waals surface area contributed by atoms with Gasteiger partial charge in [-0.1, -0.05) is 13.0 Å². The molecule has 0 saturated carbocycles. The predicted octanol–water partition coefficient (Wildman–Crippen LogP) is 2.00. The van der Waals surface area contributed by atoms with E-state index in [0.717, 1.165) is 25.0 Å². The molecule has 2 atom stereocenters. The fraction of sp³-hybridized carbons (Fsp3) is 0.571. The van der Waals surface area contributed by atoms with Gasteiger partial charge in [-0.3, -0.25) is 0 Å². The fourth-order valence-corrected chi connectivity index (χ4v) is 1.79. The lowest BCUT2D eigenvalue weighted by molar-refractivity contribution is 0.169. The minimum Gasteiger partial charge on any atom is -0.396 e. The average molecular weight is 273 g/mol. The van der Waals surface area contributed by atoms with Crippen molar-refractivity contribution in [2.24, 2.45) is 5.92 Å². The zero-order valence-corrected chi connectivity index (χ0v) is 11.1. The number of rotatable bonds is 8. The SMILES string of the molecule is CC(CO)CCCNCC(O)c1ccc(F)cc1F. The molecule has 3 nitrogen and oxygen atoms in total. The van der Waals surface area contributed by atoms with Gasteiger partial charge in [-0.2, -0.15) is 0 Å². The van der Waals surface area contributed by atoms with Crippen LogP contribution in [0.5, 0.6) is 0 Å². The summed E-state index contributed by atoms with van der Waals surface area (Å²) in [6.07, 6.45) is 0.779. The summed E-state index contributed by atoms with van der Waals surface area (Å²) in [6, 6.07) is 3.15. The summed E-state index contributed by atoms with van der Waals surface area (Å²) in [7, 11) is 0. The first kappa shape index (κ1) is 16.0. The van der Waals surface area contributed by atoms with Crippen LogP contribution < -0.4 is 5.32 Å². The van der Waals surface area contributed by atoms with E-state index in [1.54, 1.807) is 0 Å². The molecule has 1 aromatic rings. The number of hydrogen-bond acceptors (Lipinski definition) is 3. The number of aliphatic hydroxyl groups is 2. The Kier molecular flexibility index (Phi) is 6.91. The minimum atomic E-state index is -0.990. The summed E-state index contributed by atoms with van der Waals surface area (Å²) in [5, 5.41) is 21.6.